The second-order valence-corrected chi connectivity index (χ2v) is 11.5. The lowest BCUT2D eigenvalue weighted by Crippen LogP contribution is -2.45. The molecule has 3 atom stereocenters. The third-order valence-electron chi connectivity index (χ3n) is 6.98. The molecule has 3 rings (SSSR count). The van der Waals surface area contributed by atoms with Crippen molar-refractivity contribution >= 4 is 29.5 Å². The number of aliphatic hydroxyl groups excluding tert-OH is 1. The first-order chi connectivity index (χ1) is 20.5. The number of ether oxygens (including phenoxy) is 2. The van der Waals surface area contributed by atoms with Gasteiger partial charge in [0.25, 0.3) is 0 Å². The monoisotopic (exact) mass is 596 g/mol. The Kier molecular flexibility index (Phi) is 15.8. The summed E-state index contributed by atoms with van der Waals surface area (Å²) in [7, 11) is 0. The van der Waals surface area contributed by atoms with Crippen LogP contribution in [0, 0.1) is 11.8 Å². The summed E-state index contributed by atoms with van der Waals surface area (Å²) in [4.78, 5) is 39.3. The lowest BCUT2D eigenvalue weighted by atomic mass is 9.93. The van der Waals surface area contributed by atoms with Crippen molar-refractivity contribution < 1.29 is 29.0 Å². The predicted molar refractivity (Wildman–Crippen MR) is 166 cm³/mol. The summed E-state index contributed by atoms with van der Waals surface area (Å²) < 4.78 is 11.0. The van der Waals surface area contributed by atoms with E-state index in [0.29, 0.717) is 38.2 Å². The third-order valence-corrected chi connectivity index (χ3v) is 8.15. The van der Waals surface area contributed by atoms with Crippen LogP contribution in [0.25, 0.3) is 0 Å². The molecule has 2 amide bonds. The molecule has 0 fully saturated rings. The summed E-state index contributed by atoms with van der Waals surface area (Å²) in [6.07, 6.45) is 7.41. The first kappa shape index (κ1) is 33.4. The van der Waals surface area contributed by atoms with Crippen LogP contribution in [-0.4, -0.2) is 67.7 Å². The second-order valence-electron chi connectivity index (χ2n) is 10.4. The number of thioether (sulfide) groups is 1. The largest absolute Gasteiger partial charge is 0.463 e. The average molecular weight is 597 g/mol. The summed E-state index contributed by atoms with van der Waals surface area (Å²) in [5.41, 5.74) is 2.28. The zero-order valence-electron chi connectivity index (χ0n) is 24.2. The van der Waals surface area contributed by atoms with E-state index in [4.69, 9.17) is 14.6 Å². The van der Waals surface area contributed by atoms with Crippen molar-refractivity contribution in [2.45, 2.75) is 50.3 Å². The molecule has 0 radical (unpaired) electrons. The quantitative estimate of drug-likeness (QED) is 0.182. The first-order valence-electron chi connectivity index (χ1n) is 14.8. The Morgan fingerprint density at radius 3 is 2.48 bits per heavy atom. The van der Waals surface area contributed by atoms with Gasteiger partial charge in [-0.2, -0.15) is 11.8 Å². The molecule has 3 N–H and O–H groups in total. The molecule has 2 aromatic carbocycles. The van der Waals surface area contributed by atoms with Crippen LogP contribution in [0.2, 0.25) is 0 Å². The number of hydrogen-bond donors (Lipinski definition) is 3. The molecule has 0 spiro atoms. The number of rotatable bonds is 13. The summed E-state index contributed by atoms with van der Waals surface area (Å²) in [6.45, 7) is 0.820. The molecule has 9 heteroatoms. The van der Waals surface area contributed by atoms with Crippen molar-refractivity contribution in [3.63, 3.8) is 0 Å². The number of carbonyl (C=O) groups excluding carboxylic acids is 3. The maximum absolute atomic E-state index is 13.4. The number of amides is 2. The van der Waals surface area contributed by atoms with Crippen molar-refractivity contribution in [2.75, 3.05) is 38.7 Å². The minimum absolute atomic E-state index is 0.0407. The maximum atomic E-state index is 13.4. The number of benzene rings is 2. The fourth-order valence-corrected chi connectivity index (χ4v) is 5.72. The molecule has 2 aromatic rings. The zero-order valence-corrected chi connectivity index (χ0v) is 25.1. The Morgan fingerprint density at radius 1 is 1.00 bits per heavy atom. The van der Waals surface area contributed by atoms with Crippen LogP contribution in [0.4, 0.5) is 0 Å². The van der Waals surface area contributed by atoms with E-state index in [9.17, 15) is 14.4 Å². The van der Waals surface area contributed by atoms with Gasteiger partial charge >= 0.3 is 5.97 Å². The van der Waals surface area contributed by atoms with Gasteiger partial charge in [-0.15, -0.1) is 0 Å². The molecular formula is C33H44N2O6S. The van der Waals surface area contributed by atoms with Crippen LogP contribution in [0.3, 0.4) is 0 Å². The highest BCUT2D eigenvalue weighted by Crippen LogP contribution is 2.20. The number of esters is 1. The molecule has 1 aliphatic rings. The topological polar surface area (TPSA) is 114 Å². The van der Waals surface area contributed by atoms with Crippen LogP contribution in [0.1, 0.15) is 43.2 Å². The predicted octanol–water partition coefficient (Wildman–Crippen LogP) is 4.07. The molecule has 0 aromatic heterocycles. The van der Waals surface area contributed by atoms with Crippen LogP contribution in [0.5, 0.6) is 0 Å². The molecule has 0 aliphatic carbocycles. The standard InChI is InChI=1S/C33H44N2O6S/c36-18-20-40-19-17-34-31(37)22-28-15-9-1-2-10-16-29(21-26-11-5-3-6-12-26)33(39)41-23-30(35-32(28)38)25-42-24-27-13-7-4-8-14-27/h1,3-9,11-14,28-30,36H,2,10,15-25H2,(H,34,37)(H,35,38)/t28-,29-,30-/m1/s1. The summed E-state index contributed by atoms with van der Waals surface area (Å²) in [6, 6.07) is 19.7. The lowest BCUT2D eigenvalue weighted by Gasteiger charge is -2.24. The normalized spacial score (nSPS) is 20.3. The highest BCUT2D eigenvalue weighted by Gasteiger charge is 2.26. The Balaban J connectivity index is 1.67. The van der Waals surface area contributed by atoms with E-state index in [-0.39, 0.29) is 49.9 Å². The summed E-state index contributed by atoms with van der Waals surface area (Å²) in [5.74, 6) is -0.181. The minimum Gasteiger partial charge on any atom is -0.463 e. The maximum Gasteiger partial charge on any atom is 0.309 e. The molecular weight excluding hydrogens is 552 g/mol. The van der Waals surface area contributed by atoms with E-state index in [1.54, 1.807) is 11.8 Å². The van der Waals surface area contributed by atoms with Crippen LogP contribution in [0.15, 0.2) is 72.8 Å². The second kappa shape index (κ2) is 19.9. The Bertz CT molecular complexity index is 1100. The van der Waals surface area contributed by atoms with Gasteiger partial charge in [-0.05, 0) is 43.2 Å². The molecule has 42 heavy (non-hydrogen) atoms. The number of hydrogen-bond acceptors (Lipinski definition) is 7. The van der Waals surface area contributed by atoms with Crippen molar-refractivity contribution in [3.05, 3.63) is 83.9 Å². The molecule has 1 heterocycles. The van der Waals surface area contributed by atoms with Crippen LogP contribution >= 0.6 is 11.8 Å². The van der Waals surface area contributed by atoms with E-state index < -0.39 is 12.0 Å². The highest BCUT2D eigenvalue weighted by atomic mass is 32.2. The van der Waals surface area contributed by atoms with Crippen molar-refractivity contribution in [1.82, 2.24) is 10.6 Å². The fraction of sp³-hybridized carbons (Fsp3) is 0.485. The van der Waals surface area contributed by atoms with Crippen LogP contribution < -0.4 is 10.6 Å². The molecule has 0 unspecified atom stereocenters. The Labute approximate surface area is 253 Å². The Morgan fingerprint density at radius 2 is 1.74 bits per heavy atom. The van der Waals surface area contributed by atoms with Crippen molar-refractivity contribution in [2.24, 2.45) is 11.8 Å². The van der Waals surface area contributed by atoms with Gasteiger partial charge in [0, 0.05) is 24.5 Å². The van der Waals surface area contributed by atoms with E-state index in [0.717, 1.165) is 24.2 Å². The van der Waals surface area contributed by atoms with E-state index in [2.05, 4.69) is 22.8 Å². The number of carbonyl (C=O) groups is 3. The van der Waals surface area contributed by atoms with Gasteiger partial charge in [-0.25, -0.2) is 0 Å². The van der Waals surface area contributed by atoms with Crippen molar-refractivity contribution in [1.29, 1.82) is 0 Å². The molecule has 8 nitrogen and oxygen atoms in total. The molecule has 0 saturated carbocycles. The fourth-order valence-electron chi connectivity index (χ4n) is 4.71. The third kappa shape index (κ3) is 13.2. The highest BCUT2D eigenvalue weighted by molar-refractivity contribution is 7.98. The van der Waals surface area contributed by atoms with E-state index in [1.165, 1.54) is 5.56 Å². The molecule has 0 bridgehead atoms. The molecule has 228 valence electrons. The van der Waals surface area contributed by atoms with Gasteiger partial charge in [0.15, 0.2) is 0 Å². The summed E-state index contributed by atoms with van der Waals surface area (Å²) in [5, 5.41) is 14.7. The Hall–Kier alpha value is -3.14. The van der Waals surface area contributed by atoms with Gasteiger partial charge in [-0.3, -0.25) is 14.4 Å². The van der Waals surface area contributed by atoms with E-state index in [1.807, 2.05) is 60.7 Å². The van der Waals surface area contributed by atoms with Gasteiger partial charge in [0.05, 0.1) is 37.7 Å². The molecule has 1 aliphatic heterocycles. The van der Waals surface area contributed by atoms with Gasteiger partial charge in [-0.1, -0.05) is 72.8 Å². The van der Waals surface area contributed by atoms with Gasteiger partial charge < -0.3 is 25.2 Å². The number of aliphatic hydroxyl groups is 1. The first-order valence-corrected chi connectivity index (χ1v) is 15.9. The summed E-state index contributed by atoms with van der Waals surface area (Å²) >= 11 is 1.67. The zero-order chi connectivity index (χ0) is 29.8. The van der Waals surface area contributed by atoms with Gasteiger partial charge in [0.1, 0.15) is 6.61 Å². The SMILES string of the molecule is O=C(C[C@H]1CC=CCCC[C@H](Cc2ccccc2)C(=O)OC[C@H](CSCc2ccccc2)NC1=O)NCCOCCO. The average Bonchev–Trinajstić information content (AvgIpc) is 3.00. The number of cyclic esters (lactones) is 1. The number of nitrogens with one attached hydrogen (secondary N) is 2. The smallest absolute Gasteiger partial charge is 0.309 e. The van der Waals surface area contributed by atoms with Crippen LogP contribution in [-0.2, 0) is 36.0 Å². The van der Waals surface area contributed by atoms with Crippen molar-refractivity contribution in [3.8, 4) is 0 Å². The van der Waals surface area contributed by atoms with Gasteiger partial charge in [0.2, 0.25) is 11.8 Å². The lowest BCUT2D eigenvalue weighted by molar-refractivity contribution is -0.150. The minimum atomic E-state index is -0.550. The number of allylic oxidation sites excluding steroid dienone is 2. The van der Waals surface area contributed by atoms with E-state index >= 15 is 0 Å². The molecule has 0 saturated heterocycles.